The first-order chi connectivity index (χ1) is 54.5. The van der Waals surface area contributed by atoms with Crippen molar-refractivity contribution in [2.45, 2.75) is 313 Å². The van der Waals surface area contributed by atoms with E-state index in [2.05, 4.69) is 0 Å². The third-order valence-corrected chi connectivity index (χ3v) is 22.2. The predicted octanol–water partition coefficient (Wildman–Crippen LogP) is -2.29. The van der Waals surface area contributed by atoms with Gasteiger partial charge in [0.05, 0.1) is 141 Å². The molecule has 0 bridgehead atoms. The summed E-state index contributed by atoms with van der Waals surface area (Å²) in [4.78, 5) is 86.3. The normalized spacial score (nSPS) is 40.2. The van der Waals surface area contributed by atoms with E-state index in [1.807, 2.05) is 6.92 Å². The Labute approximate surface area is 919 Å². The molecule has 0 aromatic heterocycles. The predicted molar refractivity (Wildman–Crippen MR) is 381 cm³/mol. The van der Waals surface area contributed by atoms with Gasteiger partial charge in [-0.25, -0.2) is 0 Å². The van der Waals surface area contributed by atoms with E-state index in [9.17, 15) is 58.8 Å². The van der Waals surface area contributed by atoms with Crippen LogP contribution in [0.2, 0.25) is 0 Å². The zero-order chi connectivity index (χ0) is 85.2. The zero-order valence-corrected chi connectivity index (χ0v) is 95.6. The van der Waals surface area contributed by atoms with Crippen LogP contribution in [0.3, 0.4) is 0 Å². The number of rotatable bonds is 42. The van der Waals surface area contributed by atoms with Gasteiger partial charge in [0.15, 0.2) is 11.2 Å². The Bertz CT molecular complexity index is 3070. The Morgan fingerprint density at radius 1 is 0.333 bits per heavy atom. The molecule has 10 heterocycles. The third-order valence-electron chi connectivity index (χ3n) is 22.2. The van der Waals surface area contributed by atoms with Crippen molar-refractivity contribution in [3.8, 4) is 0 Å². The molecule has 10 aliphatic heterocycles. The Kier molecular flexibility index (Phi) is 61.9. The van der Waals surface area contributed by atoms with Crippen molar-refractivity contribution in [2.24, 2.45) is 0 Å². The number of methoxy groups -OCH3 is 4. The summed E-state index contributed by atoms with van der Waals surface area (Å²) in [7, 11) is 5.95. The van der Waals surface area contributed by atoms with E-state index in [0.29, 0.717) is 0 Å². The molecule has 123 heavy (non-hydrogen) atoms. The van der Waals surface area contributed by atoms with Crippen LogP contribution in [0, 0.1) is 0 Å². The van der Waals surface area contributed by atoms with Gasteiger partial charge in [-0.1, -0.05) is 51.8 Å². The van der Waals surface area contributed by atoms with Crippen LogP contribution in [-0.4, -0.2) is 396 Å². The maximum Gasteiger partial charge on any atom is 0.164 e. The van der Waals surface area contributed by atoms with Gasteiger partial charge in [0.1, 0.15) is 143 Å². The third kappa shape index (κ3) is 30.1. The van der Waals surface area contributed by atoms with Crippen molar-refractivity contribution < 1.29 is 453 Å². The van der Waals surface area contributed by atoms with Crippen molar-refractivity contribution in [3.05, 3.63) is 0 Å². The van der Waals surface area contributed by atoms with Gasteiger partial charge in [0.2, 0.25) is 0 Å². The van der Waals surface area contributed by atoms with Crippen LogP contribution in [0.5, 0.6) is 0 Å². The summed E-state index contributed by atoms with van der Waals surface area (Å²) in [6.07, 6.45) is -17.1. The van der Waals surface area contributed by atoms with Gasteiger partial charge < -0.3 is 191 Å². The van der Waals surface area contributed by atoms with Crippen LogP contribution >= 0.6 is 0 Å². The van der Waals surface area contributed by atoms with Gasteiger partial charge in [0, 0.05) is 290 Å². The molecule has 35 atom stereocenters. The Balaban J connectivity index is 0. The van der Waals surface area contributed by atoms with Gasteiger partial charge in [-0.2, -0.15) is 0 Å². The Morgan fingerprint density at radius 2 is 0.675 bits per heavy atom. The summed E-state index contributed by atoms with van der Waals surface area (Å²) in [6.45, 7) is 38.5. The first-order valence-electron chi connectivity index (χ1n) is 37.7. The first kappa shape index (κ1) is 129. The summed E-state index contributed by atoms with van der Waals surface area (Å²) in [6, 6.07) is 0. The largest absolute Gasteiger partial charge is 0.649 e. The fraction of sp³-hybridized carbons (Fsp3) is 0.893. The maximum absolute atomic E-state index is 11.2. The van der Waals surface area contributed by atoms with Crippen molar-refractivity contribution in [3.63, 3.8) is 0 Å². The molecule has 35 unspecified atom stereocenters. The zero-order valence-electron chi connectivity index (χ0n) is 72.9. The molecule has 0 aliphatic carbocycles. The minimum atomic E-state index is -1.29. The molecule has 10 aliphatic rings. The molecule has 2 spiro atoms. The average molecular weight is 2370 g/mol. The van der Waals surface area contributed by atoms with Gasteiger partial charge in [-0.05, 0) is 104 Å². The quantitative estimate of drug-likeness (QED) is 0.0369. The van der Waals surface area contributed by atoms with Crippen LogP contribution in [0.4, 0.5) is 0 Å². The molecule has 0 aromatic carbocycles. The number of carbonyl (C=O) groups excluding carboxylic acids is 8. The minimum absolute atomic E-state index is 0. The molecule has 10 rings (SSSR count). The monoisotopic (exact) mass is 2370 g/mol. The Morgan fingerprint density at radius 3 is 1.04 bits per heavy atom. The molecular weight excluding hydrogens is 2250 g/mol. The van der Waals surface area contributed by atoms with E-state index >= 15 is 0 Å². The van der Waals surface area contributed by atoms with Gasteiger partial charge in [-0.15, -0.1) is 0 Å². The van der Waals surface area contributed by atoms with Gasteiger partial charge in [0.25, 0.3) is 0 Å². The van der Waals surface area contributed by atoms with Gasteiger partial charge in [-0.3, -0.25) is 0 Å². The average Bonchev–Trinajstić information content (AvgIpc) is 0.689. The molecule has 4 N–H and O–H groups in total. The topological polar surface area (TPSA) is 476 Å². The van der Waals surface area contributed by atoms with E-state index in [0.717, 1.165) is 0 Å². The molecule has 48 heteroatoms. The SMILES string of the molecule is COC1C(C2OCC2(C)O[C-]=O)OC(C)C(OCC(C)O[C-]=O)C12OCC2(C)O[C-]=O.COC1C(C2OCC2(C)O[C-]=O)OC(C)C2(OCC2(C)O[C-]=O)C1OCC(C)O.COC1C(OCC(C)O)C(OCC(C)O)COC1C1OCC1(C)O[C-]=O.COC1C(OCC(C)O[C-]=O)C(OCC(C)O)C(C)OC1C1OCC1(C)O[C-]=O.[Y].[Y].[Y].[Y].[Y].[Y].[Y].[Y]. The summed E-state index contributed by atoms with van der Waals surface area (Å²) in [5.74, 6) is 0. The molecule has 0 amide bonds. The Hall–Kier alpha value is 3.63. The maximum atomic E-state index is 11.2. The number of hydrogen-bond donors (Lipinski definition) is 4. The van der Waals surface area contributed by atoms with E-state index in [1.165, 1.54) is 80.2 Å². The summed E-state index contributed by atoms with van der Waals surface area (Å²) in [5.41, 5.74) is -8.37. The fourth-order valence-corrected chi connectivity index (χ4v) is 16.2. The smallest absolute Gasteiger partial charge is 0.164 e. The van der Waals surface area contributed by atoms with Crippen molar-refractivity contribution >= 4 is 51.8 Å². The second-order valence-corrected chi connectivity index (χ2v) is 31.5. The summed E-state index contributed by atoms with van der Waals surface area (Å²) >= 11 is 0. The van der Waals surface area contributed by atoms with Crippen molar-refractivity contribution in [1.29, 1.82) is 0 Å². The second-order valence-electron chi connectivity index (χ2n) is 31.5. The van der Waals surface area contributed by atoms with E-state index < -0.39 is 210 Å². The van der Waals surface area contributed by atoms with Crippen molar-refractivity contribution in [2.75, 3.05) is 114 Å². The molecule has 686 valence electrons. The van der Waals surface area contributed by atoms with Crippen molar-refractivity contribution in [1.82, 2.24) is 0 Å². The van der Waals surface area contributed by atoms with Crippen LogP contribution in [0.25, 0.3) is 0 Å². The van der Waals surface area contributed by atoms with Crippen LogP contribution in [-0.2, 0) is 433 Å². The molecule has 40 nitrogen and oxygen atoms in total. The standard InChI is InChI=1S/C20H27O11.C19H28O10.C19H30O10.C17H29O9.8Y/c1-12(27-9-21)6-25-15-13(2)31-14(16-18(3,7-26-16)29-10-22)17(24-5)20(15)19(4,8-28-20)30-11-23;1-11(22)6-24-16-13(23-5)14(15-17(3,7-25-15)27-9-20)29-12(2)19(16)18(4,8-26-19)28-10-21;1-11(22)6-24-14-13(3)29-17(18-19(4,8-26-18)28-10-21)15(23-5)16(14)25-7-12(2)27-9-20;1-10(19)5-22-12-7-24-15(16-17(3,8-25-16)26-9-18)14(21-4)13(12)23-6-11(2)20;;;;;;;;/h12-17H,6-8H2,1-5H3;11-16,22H,6-8H2,1-5H3;11-18,22H,6-8H2,1-5H3;10-16,19-20H,5-8H2,1-4H3;;;;;;;;/q-3;2*-2;-1;;;;;;;;. The molecule has 8 radical (unpaired) electrons. The summed E-state index contributed by atoms with van der Waals surface area (Å²) < 4.78 is 158. The molecule has 10 saturated heterocycles. The molecular formula is C75H114O40Y8-8. The van der Waals surface area contributed by atoms with Crippen LogP contribution in [0.15, 0.2) is 0 Å². The van der Waals surface area contributed by atoms with Crippen LogP contribution in [0.1, 0.15) is 104 Å². The van der Waals surface area contributed by atoms with E-state index in [-0.39, 0.29) is 348 Å². The van der Waals surface area contributed by atoms with Crippen LogP contribution < -0.4 is 0 Å². The first-order valence-corrected chi connectivity index (χ1v) is 37.7. The molecule has 10 fully saturated rings. The minimum Gasteiger partial charge on any atom is -0.649 e. The van der Waals surface area contributed by atoms with E-state index in [4.69, 9.17) is 133 Å². The van der Waals surface area contributed by atoms with Gasteiger partial charge >= 0.3 is 0 Å². The molecule has 0 saturated carbocycles. The summed E-state index contributed by atoms with van der Waals surface area (Å²) in [5, 5.41) is 38.4. The second kappa shape index (κ2) is 59.2. The molecule has 0 aromatic rings. The van der Waals surface area contributed by atoms with E-state index in [1.54, 1.807) is 96.9 Å². The fourth-order valence-electron chi connectivity index (χ4n) is 16.2. The number of hydrogen-bond acceptors (Lipinski definition) is 40. The number of aliphatic hydroxyl groups is 4. The number of aliphatic hydroxyl groups excluding tert-OH is 4. The number of ether oxygens (including phenoxy) is 28.